The number of ether oxygens (including phenoxy) is 1. The van der Waals surface area contributed by atoms with Gasteiger partial charge in [0.15, 0.2) is 12.4 Å². The Morgan fingerprint density at radius 2 is 1.58 bits per heavy atom. The van der Waals surface area contributed by atoms with Gasteiger partial charge in [-0.2, -0.15) is 13.2 Å². The first kappa shape index (κ1) is 17.5. The Balaban J connectivity index is 1.88. The molecule has 3 nitrogen and oxygen atoms in total. The van der Waals surface area contributed by atoms with Crippen molar-refractivity contribution in [3.05, 3.63) is 77.4 Å². The molecular weight excluding hydrogens is 321 g/mol. The lowest BCUT2D eigenvalue weighted by Gasteiger charge is -2.05. The van der Waals surface area contributed by atoms with Gasteiger partial charge in [0.2, 0.25) is 0 Å². The zero-order chi connectivity index (χ0) is 17.6. The number of hydrogen-bond acceptors (Lipinski definition) is 3. The molecule has 2 rings (SSSR count). The lowest BCUT2D eigenvalue weighted by Crippen LogP contribution is -2.12. The number of alkyl halides is 3. The third-order valence-electron chi connectivity index (χ3n) is 3.09. The smallest absolute Gasteiger partial charge is 0.416 e. The molecule has 2 aromatic rings. The number of Topliss-reactive ketones (excluding diaryl/α,β-unsaturated/α-hetero) is 1. The molecule has 0 atom stereocenters. The Kier molecular flexibility index (Phi) is 5.52. The fourth-order valence-corrected chi connectivity index (χ4v) is 1.84. The van der Waals surface area contributed by atoms with Gasteiger partial charge in [-0.05, 0) is 23.8 Å². The highest BCUT2D eigenvalue weighted by Gasteiger charge is 2.29. The number of rotatable bonds is 5. The number of benzene rings is 2. The quantitative estimate of drug-likeness (QED) is 0.469. The number of esters is 1. The van der Waals surface area contributed by atoms with Crippen molar-refractivity contribution in [2.45, 2.75) is 6.18 Å². The summed E-state index contributed by atoms with van der Waals surface area (Å²) in [6.07, 6.45) is -2.03. The molecule has 0 aliphatic carbocycles. The highest BCUT2D eigenvalue weighted by molar-refractivity contribution is 5.98. The van der Waals surface area contributed by atoms with Crippen LogP contribution in [0.2, 0.25) is 0 Å². The van der Waals surface area contributed by atoms with E-state index in [2.05, 4.69) is 0 Å². The first-order valence-electron chi connectivity index (χ1n) is 6.96. The summed E-state index contributed by atoms with van der Waals surface area (Å²) in [6.45, 7) is -0.403. The van der Waals surface area contributed by atoms with Gasteiger partial charge in [-0.15, -0.1) is 0 Å². The first-order valence-corrected chi connectivity index (χ1v) is 6.96. The number of carbonyl (C=O) groups excluding carboxylic acids is 2. The predicted octanol–water partition coefficient (Wildman–Crippen LogP) is 4.14. The molecule has 0 bridgehead atoms. The van der Waals surface area contributed by atoms with Crippen molar-refractivity contribution in [1.29, 1.82) is 0 Å². The molecule has 0 unspecified atom stereocenters. The Morgan fingerprint density at radius 3 is 2.17 bits per heavy atom. The largest absolute Gasteiger partial charge is 0.454 e. The minimum absolute atomic E-state index is 0.341. The van der Waals surface area contributed by atoms with E-state index in [-0.39, 0.29) is 5.78 Å². The van der Waals surface area contributed by atoms with Crippen LogP contribution in [0.4, 0.5) is 13.2 Å². The molecule has 0 saturated carbocycles. The lowest BCUT2D eigenvalue weighted by atomic mass is 10.1. The minimum atomic E-state index is -4.40. The molecular formula is C18H13F3O3. The van der Waals surface area contributed by atoms with Crippen molar-refractivity contribution in [3.63, 3.8) is 0 Å². The van der Waals surface area contributed by atoms with Crippen LogP contribution in [-0.4, -0.2) is 18.4 Å². The van der Waals surface area contributed by atoms with E-state index in [1.165, 1.54) is 18.2 Å². The van der Waals surface area contributed by atoms with E-state index in [0.29, 0.717) is 11.1 Å². The van der Waals surface area contributed by atoms with Gasteiger partial charge in [-0.25, -0.2) is 4.79 Å². The van der Waals surface area contributed by atoms with Crippen LogP contribution in [0, 0.1) is 0 Å². The second-order valence-corrected chi connectivity index (χ2v) is 4.85. The van der Waals surface area contributed by atoms with Crippen molar-refractivity contribution in [2.75, 3.05) is 6.61 Å². The summed E-state index contributed by atoms with van der Waals surface area (Å²) in [4.78, 5) is 23.3. The second kappa shape index (κ2) is 7.59. The topological polar surface area (TPSA) is 43.4 Å². The summed E-state index contributed by atoms with van der Waals surface area (Å²) in [6, 6.07) is 12.7. The molecule has 0 aromatic heterocycles. The van der Waals surface area contributed by atoms with E-state index in [1.54, 1.807) is 30.3 Å². The minimum Gasteiger partial charge on any atom is -0.454 e. The Morgan fingerprint density at radius 1 is 0.958 bits per heavy atom. The molecule has 0 amide bonds. The third kappa shape index (κ3) is 5.08. The van der Waals surface area contributed by atoms with Gasteiger partial charge in [0.05, 0.1) is 5.56 Å². The van der Waals surface area contributed by atoms with Crippen LogP contribution < -0.4 is 0 Å². The maximum atomic E-state index is 12.4. The maximum absolute atomic E-state index is 12.4. The van der Waals surface area contributed by atoms with Crippen molar-refractivity contribution in [1.82, 2.24) is 0 Å². The van der Waals surface area contributed by atoms with Crippen LogP contribution in [0.5, 0.6) is 0 Å². The number of ketones is 1. The zero-order valence-corrected chi connectivity index (χ0v) is 12.4. The van der Waals surface area contributed by atoms with Gasteiger partial charge in [0.1, 0.15) is 0 Å². The van der Waals surface area contributed by atoms with Crippen molar-refractivity contribution in [3.8, 4) is 0 Å². The molecule has 0 fully saturated rings. The molecule has 124 valence electrons. The first-order chi connectivity index (χ1) is 11.4. The van der Waals surface area contributed by atoms with Crippen molar-refractivity contribution >= 4 is 17.8 Å². The van der Waals surface area contributed by atoms with E-state index in [1.807, 2.05) is 0 Å². The van der Waals surface area contributed by atoms with Crippen LogP contribution in [-0.2, 0) is 15.7 Å². The van der Waals surface area contributed by atoms with Crippen molar-refractivity contribution in [2.24, 2.45) is 0 Å². The Labute approximate surface area is 136 Å². The third-order valence-corrected chi connectivity index (χ3v) is 3.09. The van der Waals surface area contributed by atoms with Crippen LogP contribution >= 0.6 is 0 Å². The zero-order valence-electron chi connectivity index (χ0n) is 12.4. The molecule has 0 saturated heterocycles. The molecule has 6 heteroatoms. The van der Waals surface area contributed by atoms with Gasteiger partial charge < -0.3 is 4.74 Å². The van der Waals surface area contributed by atoms with E-state index >= 15 is 0 Å². The number of carbonyl (C=O) groups is 2. The highest BCUT2D eigenvalue weighted by atomic mass is 19.4. The summed E-state index contributed by atoms with van der Waals surface area (Å²) in [7, 11) is 0. The number of halogens is 3. The average molecular weight is 334 g/mol. The Bertz CT molecular complexity index is 732. The second-order valence-electron chi connectivity index (χ2n) is 4.85. The van der Waals surface area contributed by atoms with Crippen LogP contribution in [0.3, 0.4) is 0 Å². The van der Waals surface area contributed by atoms with Gasteiger partial charge in [-0.1, -0.05) is 42.5 Å². The monoisotopic (exact) mass is 334 g/mol. The SMILES string of the molecule is O=C(C=Cc1ccc(C(F)(F)F)cc1)OCC(=O)c1ccccc1. The molecule has 0 aliphatic rings. The summed E-state index contributed by atoms with van der Waals surface area (Å²) in [5, 5.41) is 0. The summed E-state index contributed by atoms with van der Waals surface area (Å²) in [5.41, 5.74) is 0.0713. The van der Waals surface area contributed by atoms with E-state index in [0.717, 1.165) is 18.2 Å². The highest BCUT2D eigenvalue weighted by Crippen LogP contribution is 2.29. The van der Waals surface area contributed by atoms with Gasteiger partial charge >= 0.3 is 12.1 Å². The standard InChI is InChI=1S/C18H13F3O3/c19-18(20,21)15-9-6-13(7-10-15)8-11-17(23)24-12-16(22)14-4-2-1-3-5-14/h1-11H,12H2. The Hall–Kier alpha value is -2.89. The molecule has 0 heterocycles. The molecule has 0 N–H and O–H groups in total. The average Bonchev–Trinajstić information content (AvgIpc) is 2.58. The predicted molar refractivity (Wildman–Crippen MR) is 82.2 cm³/mol. The van der Waals surface area contributed by atoms with E-state index in [4.69, 9.17) is 4.74 Å². The van der Waals surface area contributed by atoms with Crippen LogP contribution in [0.15, 0.2) is 60.7 Å². The maximum Gasteiger partial charge on any atom is 0.416 e. The molecule has 24 heavy (non-hydrogen) atoms. The molecule has 0 spiro atoms. The fraction of sp³-hybridized carbons (Fsp3) is 0.111. The summed E-state index contributed by atoms with van der Waals surface area (Å²) >= 11 is 0. The summed E-state index contributed by atoms with van der Waals surface area (Å²) < 4.78 is 42.1. The van der Waals surface area contributed by atoms with E-state index < -0.39 is 24.3 Å². The van der Waals surface area contributed by atoms with Crippen LogP contribution in [0.1, 0.15) is 21.5 Å². The fourth-order valence-electron chi connectivity index (χ4n) is 1.84. The van der Waals surface area contributed by atoms with Crippen molar-refractivity contribution < 1.29 is 27.5 Å². The lowest BCUT2D eigenvalue weighted by molar-refractivity contribution is -0.138. The van der Waals surface area contributed by atoms with Gasteiger partial charge in [0.25, 0.3) is 0 Å². The normalized spacial score (nSPS) is 11.5. The molecule has 2 aromatic carbocycles. The number of hydrogen-bond donors (Lipinski definition) is 0. The van der Waals surface area contributed by atoms with E-state index in [9.17, 15) is 22.8 Å². The van der Waals surface area contributed by atoms with Gasteiger partial charge in [0, 0.05) is 11.6 Å². The van der Waals surface area contributed by atoms with Crippen LogP contribution in [0.25, 0.3) is 6.08 Å². The van der Waals surface area contributed by atoms with Gasteiger partial charge in [-0.3, -0.25) is 4.79 Å². The summed E-state index contributed by atoms with van der Waals surface area (Å²) in [5.74, 6) is -1.09. The molecule has 0 radical (unpaired) electrons. The molecule has 0 aliphatic heterocycles.